The Morgan fingerprint density at radius 1 is 0.731 bits per heavy atom. The van der Waals surface area contributed by atoms with Crippen LogP contribution < -0.4 is 5.32 Å². The molecule has 4 fully saturated rings. The van der Waals surface area contributed by atoms with E-state index >= 15 is 0 Å². The largest absolute Gasteiger partial charge is 0.353 e. The van der Waals surface area contributed by atoms with Gasteiger partial charge in [0.2, 0.25) is 11.8 Å². The molecule has 4 rings (SSSR count). The van der Waals surface area contributed by atoms with Crippen LogP contribution in [0.25, 0.3) is 0 Å². The van der Waals surface area contributed by atoms with E-state index in [9.17, 15) is 9.59 Å². The van der Waals surface area contributed by atoms with Crippen LogP contribution in [0.1, 0.15) is 70.6 Å². The molecule has 1 unspecified atom stereocenters. The summed E-state index contributed by atoms with van der Waals surface area (Å²) in [6.45, 7) is 3.86. The van der Waals surface area contributed by atoms with Gasteiger partial charge >= 0.3 is 0 Å². The van der Waals surface area contributed by atoms with Crippen LogP contribution in [0.2, 0.25) is 0 Å². The van der Waals surface area contributed by atoms with E-state index in [1.54, 1.807) is 0 Å². The summed E-state index contributed by atoms with van der Waals surface area (Å²) in [6.07, 6.45) is 12.6. The van der Waals surface area contributed by atoms with Crippen LogP contribution in [-0.2, 0) is 9.59 Å². The topological polar surface area (TPSA) is 52.7 Å². The number of rotatable bonds is 4. The van der Waals surface area contributed by atoms with Crippen molar-refractivity contribution in [1.29, 1.82) is 0 Å². The lowest BCUT2D eigenvalue weighted by atomic mass is 9.87. The van der Waals surface area contributed by atoms with Crippen LogP contribution in [0.4, 0.5) is 0 Å². The van der Waals surface area contributed by atoms with Crippen molar-refractivity contribution in [3.63, 3.8) is 0 Å². The quantitative estimate of drug-likeness (QED) is 0.837. The summed E-state index contributed by atoms with van der Waals surface area (Å²) in [5, 5.41) is 3.19. The van der Waals surface area contributed by atoms with Gasteiger partial charge in [0.1, 0.15) is 0 Å². The molecule has 0 aromatic carbocycles. The monoisotopic (exact) mass is 361 g/mol. The molecule has 0 spiro atoms. The molecule has 1 atom stereocenters. The molecular formula is C21H35N3O2. The molecule has 5 nitrogen and oxygen atoms in total. The molecule has 0 bridgehead atoms. The van der Waals surface area contributed by atoms with Gasteiger partial charge in [-0.2, -0.15) is 0 Å². The molecule has 2 saturated heterocycles. The van der Waals surface area contributed by atoms with Crippen molar-refractivity contribution in [3.8, 4) is 0 Å². The average Bonchev–Trinajstić information content (AvgIpc) is 3.52. The van der Waals surface area contributed by atoms with Gasteiger partial charge in [-0.25, -0.2) is 0 Å². The zero-order valence-corrected chi connectivity index (χ0v) is 16.1. The molecule has 0 radical (unpaired) electrons. The smallest absolute Gasteiger partial charge is 0.225 e. The maximum atomic E-state index is 12.7. The second-order valence-electron chi connectivity index (χ2n) is 9.01. The molecule has 2 saturated carbocycles. The maximum absolute atomic E-state index is 12.7. The fourth-order valence-corrected chi connectivity index (χ4v) is 5.16. The van der Waals surface area contributed by atoms with Gasteiger partial charge in [0.25, 0.3) is 0 Å². The third kappa shape index (κ3) is 4.41. The summed E-state index contributed by atoms with van der Waals surface area (Å²) in [7, 11) is 0. The minimum atomic E-state index is 0.172. The molecule has 0 aromatic heterocycles. The number of amides is 2. The normalized spacial score (nSPS) is 29.5. The van der Waals surface area contributed by atoms with E-state index in [-0.39, 0.29) is 11.8 Å². The summed E-state index contributed by atoms with van der Waals surface area (Å²) < 4.78 is 0. The van der Waals surface area contributed by atoms with E-state index in [1.807, 2.05) is 0 Å². The highest BCUT2D eigenvalue weighted by Crippen LogP contribution is 2.29. The third-order valence-electron chi connectivity index (χ3n) is 6.99. The van der Waals surface area contributed by atoms with Gasteiger partial charge in [-0.1, -0.05) is 19.3 Å². The minimum Gasteiger partial charge on any atom is -0.353 e. The van der Waals surface area contributed by atoms with Crippen LogP contribution in [0.5, 0.6) is 0 Å². The van der Waals surface area contributed by atoms with Crippen molar-refractivity contribution < 1.29 is 9.59 Å². The van der Waals surface area contributed by atoms with E-state index in [2.05, 4.69) is 15.1 Å². The van der Waals surface area contributed by atoms with E-state index in [0.29, 0.717) is 23.9 Å². The molecule has 2 aliphatic heterocycles. The number of nitrogens with zero attached hydrogens (tertiary/aromatic N) is 2. The Morgan fingerprint density at radius 2 is 1.42 bits per heavy atom. The second-order valence-corrected chi connectivity index (χ2v) is 9.01. The first kappa shape index (κ1) is 18.3. The second kappa shape index (κ2) is 8.28. The highest BCUT2D eigenvalue weighted by Gasteiger charge is 2.35. The first-order valence-corrected chi connectivity index (χ1v) is 11.0. The van der Waals surface area contributed by atoms with Crippen molar-refractivity contribution in [1.82, 2.24) is 15.1 Å². The van der Waals surface area contributed by atoms with Crippen molar-refractivity contribution in [2.24, 2.45) is 11.8 Å². The zero-order valence-electron chi connectivity index (χ0n) is 16.1. The summed E-state index contributed by atoms with van der Waals surface area (Å²) in [5.74, 6) is 1.17. The maximum Gasteiger partial charge on any atom is 0.225 e. The lowest BCUT2D eigenvalue weighted by molar-refractivity contribution is -0.138. The van der Waals surface area contributed by atoms with E-state index in [0.717, 1.165) is 77.5 Å². The number of hydrogen-bond acceptors (Lipinski definition) is 3. The van der Waals surface area contributed by atoms with Crippen molar-refractivity contribution in [2.75, 3.05) is 26.2 Å². The summed E-state index contributed by atoms with van der Waals surface area (Å²) in [4.78, 5) is 29.8. The van der Waals surface area contributed by atoms with Crippen LogP contribution >= 0.6 is 0 Å². The molecule has 26 heavy (non-hydrogen) atoms. The molecule has 4 aliphatic rings. The van der Waals surface area contributed by atoms with Gasteiger partial charge in [-0.05, 0) is 57.9 Å². The van der Waals surface area contributed by atoms with Crippen molar-refractivity contribution in [3.05, 3.63) is 0 Å². The van der Waals surface area contributed by atoms with E-state index < -0.39 is 0 Å². The van der Waals surface area contributed by atoms with Gasteiger partial charge in [-0.15, -0.1) is 0 Å². The van der Waals surface area contributed by atoms with Crippen LogP contribution in [0, 0.1) is 11.8 Å². The molecule has 1 N–H and O–H groups in total. The lowest BCUT2D eigenvalue weighted by Crippen LogP contribution is -2.52. The number of carbonyl (C=O) groups is 2. The fourth-order valence-electron chi connectivity index (χ4n) is 5.16. The first-order valence-electron chi connectivity index (χ1n) is 11.0. The average molecular weight is 362 g/mol. The summed E-state index contributed by atoms with van der Waals surface area (Å²) >= 11 is 0. The lowest BCUT2D eigenvalue weighted by Gasteiger charge is -2.42. The Kier molecular flexibility index (Phi) is 5.82. The Labute approximate surface area is 157 Å². The van der Waals surface area contributed by atoms with E-state index in [1.165, 1.54) is 19.3 Å². The zero-order chi connectivity index (χ0) is 17.9. The van der Waals surface area contributed by atoms with Gasteiger partial charge in [-0.3, -0.25) is 14.5 Å². The number of likely N-dealkylation sites (tertiary alicyclic amines) is 2. The third-order valence-corrected chi connectivity index (χ3v) is 6.99. The molecule has 2 aliphatic carbocycles. The molecule has 5 heteroatoms. The Hall–Kier alpha value is -1.10. The Morgan fingerprint density at radius 3 is 2.12 bits per heavy atom. The standard InChI is InChI=1S/C21H35N3O2/c25-20(22-18-8-9-18)17-7-4-12-24(15-17)19-10-13-23(14-11-19)21(26)16-5-2-1-3-6-16/h16-19H,1-15H2,(H,22,25). The molecular weight excluding hydrogens is 326 g/mol. The molecule has 0 aromatic rings. The highest BCUT2D eigenvalue weighted by molar-refractivity contribution is 5.80. The fraction of sp³-hybridized carbons (Fsp3) is 0.905. The SMILES string of the molecule is O=C(NC1CC1)C1CCCN(C2CCN(C(=O)C3CCCCC3)CC2)C1. The van der Waals surface area contributed by atoms with Crippen LogP contribution in [0.15, 0.2) is 0 Å². The van der Waals surface area contributed by atoms with Gasteiger partial charge in [0.15, 0.2) is 0 Å². The molecule has 2 heterocycles. The predicted molar refractivity (Wildman–Crippen MR) is 102 cm³/mol. The van der Waals surface area contributed by atoms with Gasteiger partial charge in [0.05, 0.1) is 5.92 Å². The van der Waals surface area contributed by atoms with Gasteiger partial charge in [0, 0.05) is 37.6 Å². The van der Waals surface area contributed by atoms with E-state index in [4.69, 9.17) is 0 Å². The first-order chi connectivity index (χ1) is 12.7. The molecule has 2 amide bonds. The van der Waals surface area contributed by atoms with Crippen molar-refractivity contribution >= 4 is 11.8 Å². The number of nitrogens with one attached hydrogen (secondary N) is 1. The highest BCUT2D eigenvalue weighted by atomic mass is 16.2. The molecule has 146 valence electrons. The minimum absolute atomic E-state index is 0.172. The number of hydrogen-bond donors (Lipinski definition) is 1. The Bertz CT molecular complexity index is 505. The van der Waals surface area contributed by atoms with Crippen LogP contribution in [-0.4, -0.2) is 59.9 Å². The summed E-state index contributed by atoms with van der Waals surface area (Å²) in [5.41, 5.74) is 0. The Balaban J connectivity index is 1.24. The van der Waals surface area contributed by atoms with Gasteiger partial charge < -0.3 is 10.2 Å². The van der Waals surface area contributed by atoms with Crippen molar-refractivity contribution in [2.45, 2.75) is 82.7 Å². The number of piperidine rings is 2. The van der Waals surface area contributed by atoms with Crippen LogP contribution in [0.3, 0.4) is 0 Å². The summed E-state index contributed by atoms with van der Waals surface area (Å²) in [6, 6.07) is 1.02. The predicted octanol–water partition coefficient (Wildman–Crippen LogP) is 2.55. The number of carbonyl (C=O) groups excluding carboxylic acids is 2.